The van der Waals surface area contributed by atoms with Crippen LogP contribution in [0.3, 0.4) is 0 Å². The Morgan fingerprint density at radius 3 is 2.19 bits per heavy atom. The van der Waals surface area contributed by atoms with Crippen LogP contribution in [-0.4, -0.2) is 14.3 Å². The lowest BCUT2D eigenvalue weighted by molar-refractivity contribution is 0.102. The van der Waals surface area contributed by atoms with Crippen LogP contribution in [0.25, 0.3) is 0 Å². The second-order valence-corrected chi connectivity index (χ2v) is 8.10. The minimum Gasteiger partial charge on any atom is -0.321 e. The molecule has 3 rings (SSSR count). The van der Waals surface area contributed by atoms with E-state index in [2.05, 4.69) is 10.0 Å². The average Bonchev–Trinajstić information content (AvgIpc) is 2.66. The van der Waals surface area contributed by atoms with Crippen LogP contribution in [-0.2, 0) is 10.0 Å². The first kappa shape index (κ1) is 19.2. The fourth-order valence-corrected chi connectivity index (χ4v) is 3.66. The standard InChI is InChI=1S/C19H14Cl2N2O3S/c20-14-6-8-15(9-7-14)23-27(25,26)16-10-11-17(21)18(12-16)22-19(24)13-4-2-1-3-5-13/h1-12,23H,(H,22,24). The molecule has 5 nitrogen and oxygen atoms in total. The first-order chi connectivity index (χ1) is 12.8. The van der Waals surface area contributed by atoms with Crippen molar-refractivity contribution in [2.75, 3.05) is 10.0 Å². The third-order valence-corrected chi connectivity index (χ3v) is 5.59. The number of halogens is 2. The Hall–Kier alpha value is -2.54. The SMILES string of the molecule is O=C(Nc1cc(S(=O)(=O)Nc2ccc(Cl)cc2)ccc1Cl)c1ccccc1. The minimum atomic E-state index is -3.87. The maximum Gasteiger partial charge on any atom is 0.261 e. The van der Waals surface area contributed by atoms with Crippen molar-refractivity contribution in [2.24, 2.45) is 0 Å². The molecule has 8 heteroatoms. The molecule has 0 saturated heterocycles. The summed E-state index contributed by atoms with van der Waals surface area (Å²) in [5.74, 6) is -0.391. The van der Waals surface area contributed by atoms with Gasteiger partial charge in [-0.3, -0.25) is 9.52 Å². The molecular weight excluding hydrogens is 407 g/mol. The highest BCUT2D eigenvalue weighted by atomic mass is 35.5. The van der Waals surface area contributed by atoms with E-state index in [9.17, 15) is 13.2 Å². The van der Waals surface area contributed by atoms with Crippen molar-refractivity contribution in [2.45, 2.75) is 4.90 Å². The highest BCUT2D eigenvalue weighted by Crippen LogP contribution is 2.27. The molecule has 0 unspecified atom stereocenters. The van der Waals surface area contributed by atoms with Crippen LogP contribution in [0, 0.1) is 0 Å². The van der Waals surface area contributed by atoms with Gasteiger partial charge in [0, 0.05) is 16.3 Å². The van der Waals surface area contributed by atoms with Crippen LogP contribution in [0.15, 0.2) is 77.7 Å². The van der Waals surface area contributed by atoms with Crippen LogP contribution in [0.1, 0.15) is 10.4 Å². The van der Waals surface area contributed by atoms with E-state index in [0.717, 1.165) is 0 Å². The molecule has 0 aliphatic heterocycles. The van der Waals surface area contributed by atoms with Gasteiger partial charge in [-0.25, -0.2) is 8.42 Å². The Morgan fingerprint density at radius 1 is 0.852 bits per heavy atom. The summed E-state index contributed by atoms with van der Waals surface area (Å²) in [5.41, 5.74) is 0.995. The third kappa shape index (κ3) is 4.80. The van der Waals surface area contributed by atoms with Crippen molar-refractivity contribution in [1.29, 1.82) is 0 Å². The Labute approximate surface area is 167 Å². The van der Waals surface area contributed by atoms with Crippen LogP contribution in [0.4, 0.5) is 11.4 Å². The van der Waals surface area contributed by atoms with Crippen molar-refractivity contribution in [3.8, 4) is 0 Å². The lowest BCUT2D eigenvalue weighted by atomic mass is 10.2. The second-order valence-electron chi connectivity index (χ2n) is 5.57. The Balaban J connectivity index is 1.85. The fraction of sp³-hybridized carbons (Fsp3) is 0. The van der Waals surface area contributed by atoms with E-state index in [1.807, 2.05) is 0 Å². The smallest absolute Gasteiger partial charge is 0.261 e. The highest BCUT2D eigenvalue weighted by Gasteiger charge is 2.17. The van der Waals surface area contributed by atoms with E-state index in [0.29, 0.717) is 16.3 Å². The number of anilines is 2. The average molecular weight is 421 g/mol. The van der Waals surface area contributed by atoms with Gasteiger partial charge in [-0.1, -0.05) is 41.4 Å². The largest absolute Gasteiger partial charge is 0.321 e. The van der Waals surface area contributed by atoms with E-state index in [4.69, 9.17) is 23.2 Å². The molecule has 0 aliphatic rings. The summed E-state index contributed by atoms with van der Waals surface area (Å²) in [7, 11) is -3.87. The molecule has 138 valence electrons. The number of carbonyl (C=O) groups excluding carboxylic acids is 1. The van der Waals surface area contributed by atoms with Gasteiger partial charge in [0.1, 0.15) is 0 Å². The molecule has 0 atom stereocenters. The molecule has 0 spiro atoms. The maximum absolute atomic E-state index is 12.6. The van der Waals surface area contributed by atoms with Gasteiger partial charge in [0.05, 0.1) is 15.6 Å². The van der Waals surface area contributed by atoms with Gasteiger partial charge in [0.15, 0.2) is 0 Å². The van der Waals surface area contributed by atoms with E-state index in [-0.39, 0.29) is 15.6 Å². The van der Waals surface area contributed by atoms with E-state index in [1.165, 1.54) is 18.2 Å². The summed E-state index contributed by atoms with van der Waals surface area (Å²) in [6.45, 7) is 0. The summed E-state index contributed by atoms with van der Waals surface area (Å²) < 4.78 is 27.7. The van der Waals surface area contributed by atoms with Crippen LogP contribution in [0.5, 0.6) is 0 Å². The van der Waals surface area contributed by atoms with Crippen LogP contribution < -0.4 is 10.0 Å². The summed E-state index contributed by atoms with van der Waals surface area (Å²) in [4.78, 5) is 12.3. The van der Waals surface area contributed by atoms with E-state index in [1.54, 1.807) is 54.6 Å². The second kappa shape index (κ2) is 8.00. The molecule has 27 heavy (non-hydrogen) atoms. The summed E-state index contributed by atoms with van der Waals surface area (Å²) in [5, 5.41) is 3.35. The molecule has 3 aromatic carbocycles. The highest BCUT2D eigenvalue weighted by molar-refractivity contribution is 7.92. The summed E-state index contributed by atoms with van der Waals surface area (Å²) >= 11 is 11.9. The van der Waals surface area contributed by atoms with Crippen molar-refractivity contribution in [1.82, 2.24) is 0 Å². The quantitative estimate of drug-likeness (QED) is 0.606. The van der Waals surface area contributed by atoms with Gasteiger partial charge in [0.25, 0.3) is 15.9 Å². The lowest BCUT2D eigenvalue weighted by Gasteiger charge is -2.12. The van der Waals surface area contributed by atoms with Gasteiger partial charge in [-0.2, -0.15) is 0 Å². The fourth-order valence-electron chi connectivity index (χ4n) is 2.28. The van der Waals surface area contributed by atoms with Crippen LogP contribution in [0.2, 0.25) is 10.0 Å². The topological polar surface area (TPSA) is 75.3 Å². The molecule has 0 aromatic heterocycles. The zero-order valence-electron chi connectivity index (χ0n) is 13.8. The monoisotopic (exact) mass is 420 g/mol. The van der Waals surface area contributed by atoms with Gasteiger partial charge in [-0.05, 0) is 54.6 Å². The molecule has 1 amide bonds. The molecule has 2 N–H and O–H groups in total. The molecule has 0 radical (unpaired) electrons. The van der Waals surface area contributed by atoms with Gasteiger partial charge in [0.2, 0.25) is 0 Å². The molecule has 0 saturated carbocycles. The zero-order chi connectivity index (χ0) is 19.4. The molecule has 0 heterocycles. The lowest BCUT2D eigenvalue weighted by Crippen LogP contribution is -2.15. The Morgan fingerprint density at radius 2 is 1.52 bits per heavy atom. The summed E-state index contributed by atoms with van der Waals surface area (Å²) in [6, 6.07) is 18.9. The predicted molar refractivity (Wildman–Crippen MR) is 108 cm³/mol. The number of rotatable bonds is 5. The van der Waals surface area contributed by atoms with Crippen molar-refractivity contribution in [3.05, 3.63) is 88.4 Å². The van der Waals surface area contributed by atoms with Gasteiger partial charge < -0.3 is 5.32 Å². The zero-order valence-corrected chi connectivity index (χ0v) is 16.1. The molecule has 3 aromatic rings. The molecular formula is C19H14Cl2N2O3S. The number of hydrogen-bond acceptors (Lipinski definition) is 3. The molecule has 0 fully saturated rings. The number of sulfonamides is 1. The Kier molecular flexibility index (Phi) is 5.70. The van der Waals surface area contributed by atoms with E-state index < -0.39 is 15.9 Å². The van der Waals surface area contributed by atoms with E-state index >= 15 is 0 Å². The number of nitrogens with one attached hydrogen (secondary N) is 2. The van der Waals surface area contributed by atoms with Gasteiger partial charge >= 0.3 is 0 Å². The maximum atomic E-state index is 12.6. The van der Waals surface area contributed by atoms with Crippen LogP contribution >= 0.6 is 23.2 Å². The minimum absolute atomic E-state index is 0.0368. The predicted octanol–water partition coefficient (Wildman–Crippen LogP) is 5.05. The molecule has 0 aliphatic carbocycles. The number of hydrogen-bond donors (Lipinski definition) is 2. The van der Waals surface area contributed by atoms with Crippen molar-refractivity contribution in [3.63, 3.8) is 0 Å². The van der Waals surface area contributed by atoms with Crippen molar-refractivity contribution >= 4 is 50.5 Å². The molecule has 0 bridgehead atoms. The number of benzene rings is 3. The number of amides is 1. The normalized spacial score (nSPS) is 11.0. The Bertz CT molecular complexity index is 1070. The first-order valence-electron chi connectivity index (χ1n) is 7.79. The summed E-state index contributed by atoms with van der Waals surface area (Å²) in [6.07, 6.45) is 0. The van der Waals surface area contributed by atoms with Gasteiger partial charge in [-0.15, -0.1) is 0 Å². The van der Waals surface area contributed by atoms with Crippen molar-refractivity contribution < 1.29 is 13.2 Å². The first-order valence-corrected chi connectivity index (χ1v) is 10.0. The number of carbonyl (C=O) groups is 1. The third-order valence-electron chi connectivity index (χ3n) is 3.63.